The van der Waals surface area contributed by atoms with E-state index in [-0.39, 0.29) is 18.2 Å². The Balaban J connectivity index is 2.30. The van der Waals surface area contributed by atoms with E-state index in [2.05, 4.69) is 4.72 Å². The number of hydrogen-bond acceptors (Lipinski definition) is 4. The molecule has 0 radical (unpaired) electrons. The lowest BCUT2D eigenvalue weighted by Crippen LogP contribution is -2.39. The Morgan fingerprint density at radius 2 is 1.94 bits per heavy atom. The molecule has 1 aliphatic rings. The molecule has 0 aliphatic carbocycles. The summed E-state index contributed by atoms with van der Waals surface area (Å²) >= 11 is 0. The lowest BCUT2D eigenvalue weighted by Gasteiger charge is -2.15. The van der Waals surface area contributed by atoms with E-state index in [4.69, 9.17) is 5.73 Å². The number of likely N-dealkylation sites (tertiary alicyclic amines) is 1. The fraction of sp³-hybridized carbons (Fsp3) is 0.889. The van der Waals surface area contributed by atoms with Gasteiger partial charge in [0.05, 0.1) is 12.3 Å². The largest absolute Gasteiger partial charge is 0.342 e. The summed E-state index contributed by atoms with van der Waals surface area (Å²) in [5.41, 5.74) is 5.22. The van der Waals surface area contributed by atoms with Crippen LogP contribution in [0.3, 0.4) is 0 Å². The zero-order valence-corrected chi connectivity index (χ0v) is 10.1. The van der Waals surface area contributed by atoms with Gasteiger partial charge < -0.3 is 10.6 Å². The van der Waals surface area contributed by atoms with Crippen molar-refractivity contribution in [1.82, 2.24) is 9.62 Å². The van der Waals surface area contributed by atoms with Gasteiger partial charge in [0.2, 0.25) is 15.9 Å². The molecular formula is C9H19N3O3S. The van der Waals surface area contributed by atoms with Gasteiger partial charge in [-0.05, 0) is 25.8 Å². The molecule has 0 bridgehead atoms. The molecule has 1 fully saturated rings. The Labute approximate surface area is 96.2 Å². The molecule has 1 heterocycles. The maximum atomic E-state index is 11.5. The third-order valence-electron chi connectivity index (χ3n) is 2.52. The second-order valence-electron chi connectivity index (χ2n) is 3.87. The molecule has 6 nitrogen and oxygen atoms in total. The van der Waals surface area contributed by atoms with Crippen molar-refractivity contribution in [2.45, 2.75) is 19.3 Å². The third kappa shape index (κ3) is 4.46. The zero-order chi connectivity index (χ0) is 12.0. The van der Waals surface area contributed by atoms with Crippen LogP contribution in [0.1, 0.15) is 19.3 Å². The molecule has 1 saturated heterocycles. The van der Waals surface area contributed by atoms with Gasteiger partial charge in [0.1, 0.15) is 0 Å². The average Bonchev–Trinajstić information content (AvgIpc) is 2.77. The summed E-state index contributed by atoms with van der Waals surface area (Å²) in [6.07, 6.45) is 2.42. The van der Waals surface area contributed by atoms with Gasteiger partial charge in [0, 0.05) is 13.1 Å². The first kappa shape index (κ1) is 13.4. The first-order valence-electron chi connectivity index (χ1n) is 5.50. The third-order valence-corrected chi connectivity index (χ3v) is 3.93. The Bertz CT molecular complexity index is 323. The molecule has 1 aliphatic heterocycles. The second kappa shape index (κ2) is 6.17. The first-order valence-corrected chi connectivity index (χ1v) is 7.15. The minimum absolute atomic E-state index is 0.0171. The van der Waals surface area contributed by atoms with Gasteiger partial charge in [0.25, 0.3) is 0 Å². The van der Waals surface area contributed by atoms with Gasteiger partial charge in [-0.3, -0.25) is 4.79 Å². The van der Waals surface area contributed by atoms with Gasteiger partial charge in [-0.15, -0.1) is 0 Å². The van der Waals surface area contributed by atoms with Gasteiger partial charge in [-0.25, -0.2) is 13.1 Å². The highest BCUT2D eigenvalue weighted by molar-refractivity contribution is 7.89. The molecule has 3 N–H and O–H groups in total. The van der Waals surface area contributed by atoms with Crippen LogP contribution >= 0.6 is 0 Å². The molecule has 0 spiro atoms. The summed E-state index contributed by atoms with van der Waals surface area (Å²) in [7, 11) is -3.35. The molecule has 1 amide bonds. The van der Waals surface area contributed by atoms with E-state index in [0.717, 1.165) is 25.9 Å². The number of nitrogens with two attached hydrogens (primary N) is 1. The Morgan fingerprint density at radius 1 is 1.31 bits per heavy atom. The summed E-state index contributed by atoms with van der Waals surface area (Å²) in [5, 5.41) is 0. The molecule has 1 rings (SSSR count). The van der Waals surface area contributed by atoms with Gasteiger partial charge in [0.15, 0.2) is 0 Å². The molecular weight excluding hydrogens is 230 g/mol. The van der Waals surface area contributed by atoms with Crippen LogP contribution in [-0.2, 0) is 14.8 Å². The molecule has 0 unspecified atom stereocenters. The van der Waals surface area contributed by atoms with Crippen LogP contribution < -0.4 is 10.5 Å². The van der Waals surface area contributed by atoms with Crippen LogP contribution in [0.15, 0.2) is 0 Å². The highest BCUT2D eigenvalue weighted by Gasteiger charge is 2.19. The maximum Gasteiger partial charge on any atom is 0.237 e. The van der Waals surface area contributed by atoms with Crippen LogP contribution in [0.25, 0.3) is 0 Å². The normalized spacial score (nSPS) is 16.7. The maximum absolute atomic E-state index is 11.5. The predicted molar refractivity (Wildman–Crippen MR) is 61.3 cm³/mol. The van der Waals surface area contributed by atoms with E-state index >= 15 is 0 Å². The molecule has 0 saturated carbocycles. The predicted octanol–water partition coefficient (Wildman–Crippen LogP) is -1.12. The average molecular weight is 249 g/mol. The van der Waals surface area contributed by atoms with Crippen molar-refractivity contribution in [1.29, 1.82) is 0 Å². The van der Waals surface area contributed by atoms with E-state index in [1.807, 2.05) is 0 Å². The van der Waals surface area contributed by atoms with Crippen molar-refractivity contribution < 1.29 is 13.2 Å². The molecule has 0 aromatic heterocycles. The number of carbonyl (C=O) groups is 1. The van der Waals surface area contributed by atoms with Crippen molar-refractivity contribution in [3.63, 3.8) is 0 Å². The number of carbonyl (C=O) groups excluding carboxylic acids is 1. The van der Waals surface area contributed by atoms with E-state index in [1.54, 1.807) is 4.90 Å². The van der Waals surface area contributed by atoms with Crippen LogP contribution in [0.4, 0.5) is 0 Å². The van der Waals surface area contributed by atoms with Crippen molar-refractivity contribution in [3.8, 4) is 0 Å². The number of nitrogens with one attached hydrogen (secondary N) is 1. The van der Waals surface area contributed by atoms with E-state index in [9.17, 15) is 13.2 Å². The minimum atomic E-state index is -3.35. The van der Waals surface area contributed by atoms with Gasteiger partial charge in [-0.1, -0.05) is 0 Å². The second-order valence-corrected chi connectivity index (χ2v) is 5.80. The standard InChI is InChI=1S/C9H19N3O3S/c10-4-3-7-16(14,15)11-8-9(13)12-5-1-2-6-12/h11H,1-8,10H2. The first-order chi connectivity index (χ1) is 7.55. The Hall–Kier alpha value is -0.660. The number of nitrogens with zero attached hydrogens (tertiary/aromatic N) is 1. The molecule has 94 valence electrons. The fourth-order valence-electron chi connectivity index (χ4n) is 1.60. The summed E-state index contributed by atoms with van der Waals surface area (Å²) in [6, 6.07) is 0. The quantitative estimate of drug-likeness (QED) is 0.623. The van der Waals surface area contributed by atoms with Crippen molar-refractivity contribution in [2.75, 3.05) is 31.9 Å². The highest BCUT2D eigenvalue weighted by atomic mass is 32.2. The SMILES string of the molecule is NCCCS(=O)(=O)NCC(=O)N1CCCC1. The van der Waals surface area contributed by atoms with E-state index in [1.165, 1.54) is 0 Å². The zero-order valence-electron chi connectivity index (χ0n) is 9.31. The molecule has 0 atom stereocenters. The summed E-state index contributed by atoms with van der Waals surface area (Å²) in [6.45, 7) is 1.68. The lowest BCUT2D eigenvalue weighted by molar-refractivity contribution is -0.128. The van der Waals surface area contributed by atoms with Crippen molar-refractivity contribution >= 4 is 15.9 Å². The summed E-state index contributed by atoms with van der Waals surface area (Å²) in [5.74, 6) is -0.162. The summed E-state index contributed by atoms with van der Waals surface area (Å²) in [4.78, 5) is 13.2. The van der Waals surface area contributed by atoms with Crippen LogP contribution in [0, 0.1) is 0 Å². The Morgan fingerprint density at radius 3 is 2.50 bits per heavy atom. The van der Waals surface area contributed by atoms with E-state index < -0.39 is 10.0 Å². The van der Waals surface area contributed by atoms with Crippen molar-refractivity contribution in [3.05, 3.63) is 0 Å². The van der Waals surface area contributed by atoms with Crippen LogP contribution in [0.5, 0.6) is 0 Å². The van der Waals surface area contributed by atoms with E-state index in [0.29, 0.717) is 13.0 Å². The minimum Gasteiger partial charge on any atom is -0.342 e. The summed E-state index contributed by atoms with van der Waals surface area (Å²) < 4.78 is 25.0. The molecule has 0 aromatic carbocycles. The topological polar surface area (TPSA) is 92.5 Å². The van der Waals surface area contributed by atoms with Crippen LogP contribution in [0.2, 0.25) is 0 Å². The fourth-order valence-corrected chi connectivity index (χ4v) is 2.63. The van der Waals surface area contributed by atoms with Gasteiger partial charge >= 0.3 is 0 Å². The molecule has 16 heavy (non-hydrogen) atoms. The molecule has 0 aromatic rings. The lowest BCUT2D eigenvalue weighted by atomic mass is 10.4. The number of rotatable bonds is 6. The van der Waals surface area contributed by atoms with Crippen LogP contribution in [-0.4, -0.2) is 51.2 Å². The van der Waals surface area contributed by atoms with Crippen molar-refractivity contribution in [2.24, 2.45) is 5.73 Å². The Kier molecular flexibility index (Phi) is 5.17. The number of amides is 1. The smallest absolute Gasteiger partial charge is 0.237 e. The van der Waals surface area contributed by atoms with Gasteiger partial charge in [-0.2, -0.15) is 0 Å². The highest BCUT2D eigenvalue weighted by Crippen LogP contribution is 2.06. The monoisotopic (exact) mass is 249 g/mol. The molecule has 7 heteroatoms. The number of hydrogen-bond donors (Lipinski definition) is 2. The number of sulfonamides is 1.